The molecule has 28 heavy (non-hydrogen) atoms. The van der Waals surface area contributed by atoms with Crippen molar-refractivity contribution in [2.45, 2.75) is 31.7 Å². The maximum absolute atomic E-state index is 13.5. The first-order valence-corrected chi connectivity index (χ1v) is 8.71. The van der Waals surface area contributed by atoms with Crippen LogP contribution >= 0.6 is 0 Å². The third-order valence-electron chi connectivity index (χ3n) is 4.12. The smallest absolute Gasteiger partial charge is 0.374 e. The van der Waals surface area contributed by atoms with Crippen molar-refractivity contribution in [3.63, 3.8) is 0 Å². The highest BCUT2D eigenvalue weighted by molar-refractivity contribution is 5.79. The number of hydrogen-bond acceptors (Lipinski definition) is 3. The lowest BCUT2D eigenvalue weighted by molar-refractivity contribution is -0.272. The number of alkyl halides is 3. The summed E-state index contributed by atoms with van der Waals surface area (Å²) in [7, 11) is 1.39. The number of benzene rings is 1. The van der Waals surface area contributed by atoms with Crippen LogP contribution in [0.1, 0.15) is 24.7 Å². The van der Waals surface area contributed by atoms with E-state index in [1.54, 1.807) is 12.1 Å². The van der Waals surface area contributed by atoms with Gasteiger partial charge in [0, 0.05) is 39.0 Å². The molecule has 0 radical (unpaired) electrons. The highest BCUT2D eigenvalue weighted by Crippen LogP contribution is 2.40. The Morgan fingerprint density at radius 1 is 1.21 bits per heavy atom. The fourth-order valence-corrected chi connectivity index (χ4v) is 2.61. The maximum Gasteiger partial charge on any atom is 0.424 e. The van der Waals surface area contributed by atoms with Gasteiger partial charge in [0.15, 0.2) is 5.96 Å². The van der Waals surface area contributed by atoms with Crippen LogP contribution in [0, 0.1) is 5.82 Å². The number of rotatable bonds is 7. The molecule has 1 atom stereocenters. The van der Waals surface area contributed by atoms with E-state index in [1.165, 1.54) is 31.6 Å². The fraction of sp³-hybridized carbons (Fsp3) is 0.444. The second kappa shape index (κ2) is 9.05. The zero-order chi connectivity index (χ0) is 20.8. The minimum atomic E-state index is -4.89. The molecule has 2 rings (SSSR count). The summed E-state index contributed by atoms with van der Waals surface area (Å²) >= 11 is 0. The first kappa shape index (κ1) is 21.7. The van der Waals surface area contributed by atoms with Crippen molar-refractivity contribution in [3.8, 4) is 0 Å². The molecule has 0 saturated heterocycles. The normalized spacial score (nSPS) is 14.6. The summed E-state index contributed by atoms with van der Waals surface area (Å²) in [5.74, 6) is -0.551. The second-order valence-electron chi connectivity index (χ2n) is 6.22. The topological polar surface area (TPSA) is 74.5 Å². The van der Waals surface area contributed by atoms with Gasteiger partial charge in [0.1, 0.15) is 11.6 Å². The van der Waals surface area contributed by atoms with Crippen molar-refractivity contribution < 1.29 is 22.7 Å². The summed E-state index contributed by atoms with van der Waals surface area (Å²) in [6.07, 6.45) is -3.00. The molecule has 1 unspecified atom stereocenters. The highest BCUT2D eigenvalue weighted by atomic mass is 19.4. The molecule has 1 heterocycles. The number of aromatic nitrogens is 2. The van der Waals surface area contributed by atoms with Gasteiger partial charge in [0.05, 0.1) is 6.54 Å². The standard InChI is InChI=1S/C18H23F4N5O/c1-3-23-16(26-12-13-4-6-14(19)7-5-13)25-9-8-17(28,18(20,21)22)15-24-10-11-27(15)2/h4-7,10-11,28H,3,8-9,12H2,1-2H3,(H2,23,25,26). The Morgan fingerprint density at radius 2 is 1.89 bits per heavy atom. The van der Waals surface area contributed by atoms with Crippen LogP contribution < -0.4 is 10.6 Å². The van der Waals surface area contributed by atoms with Crippen LogP contribution in [0.4, 0.5) is 17.6 Å². The molecule has 0 aliphatic carbocycles. The lowest BCUT2D eigenvalue weighted by Crippen LogP contribution is -2.47. The number of aliphatic hydroxyl groups is 1. The van der Waals surface area contributed by atoms with Crippen molar-refractivity contribution in [1.82, 2.24) is 20.2 Å². The lowest BCUT2D eigenvalue weighted by Gasteiger charge is -2.30. The van der Waals surface area contributed by atoms with Gasteiger partial charge in [-0.1, -0.05) is 12.1 Å². The van der Waals surface area contributed by atoms with Gasteiger partial charge in [-0.25, -0.2) is 14.4 Å². The molecule has 2 aromatic rings. The van der Waals surface area contributed by atoms with Gasteiger partial charge in [-0.3, -0.25) is 0 Å². The summed E-state index contributed by atoms with van der Waals surface area (Å²) in [5.41, 5.74) is -2.34. The Hall–Kier alpha value is -2.62. The molecule has 10 heteroatoms. The van der Waals surface area contributed by atoms with Gasteiger partial charge in [0.2, 0.25) is 5.60 Å². The number of nitrogens with zero attached hydrogens (tertiary/aromatic N) is 3. The molecule has 0 saturated carbocycles. The minimum absolute atomic E-state index is 0.196. The van der Waals surface area contributed by atoms with Crippen LogP contribution in [0.5, 0.6) is 0 Å². The summed E-state index contributed by atoms with van der Waals surface area (Å²) in [6, 6.07) is 5.76. The van der Waals surface area contributed by atoms with Crippen LogP contribution in [-0.4, -0.2) is 39.9 Å². The third kappa shape index (κ3) is 5.22. The van der Waals surface area contributed by atoms with Crippen LogP contribution in [0.2, 0.25) is 0 Å². The zero-order valence-corrected chi connectivity index (χ0v) is 15.6. The van der Waals surface area contributed by atoms with E-state index in [4.69, 9.17) is 0 Å². The molecule has 1 aromatic heterocycles. The van der Waals surface area contributed by atoms with Crippen LogP contribution in [0.15, 0.2) is 41.7 Å². The van der Waals surface area contributed by atoms with Gasteiger partial charge in [-0.15, -0.1) is 0 Å². The van der Waals surface area contributed by atoms with Gasteiger partial charge >= 0.3 is 6.18 Å². The van der Waals surface area contributed by atoms with E-state index in [-0.39, 0.29) is 24.9 Å². The Labute approximate surface area is 160 Å². The van der Waals surface area contributed by atoms with Crippen molar-refractivity contribution in [2.24, 2.45) is 12.0 Å². The predicted octanol–water partition coefficient (Wildman–Crippen LogP) is 2.45. The number of guanidine groups is 1. The first-order valence-electron chi connectivity index (χ1n) is 8.71. The van der Waals surface area contributed by atoms with Gasteiger partial charge in [-0.05, 0) is 24.6 Å². The molecule has 6 nitrogen and oxygen atoms in total. The maximum atomic E-state index is 13.5. The number of hydrogen-bond donors (Lipinski definition) is 3. The van der Waals surface area contributed by atoms with E-state index in [0.29, 0.717) is 6.54 Å². The SMILES string of the molecule is CCNC(=NCc1ccc(F)cc1)NCCC(O)(c1nccn1C)C(F)(F)F. The van der Waals surface area contributed by atoms with E-state index in [0.717, 1.165) is 10.1 Å². The number of nitrogens with one attached hydrogen (secondary N) is 2. The molecule has 0 amide bonds. The minimum Gasteiger partial charge on any atom is -0.374 e. The Morgan fingerprint density at radius 3 is 2.43 bits per heavy atom. The molecule has 3 N–H and O–H groups in total. The van der Waals surface area contributed by atoms with Crippen LogP contribution in [-0.2, 0) is 19.2 Å². The van der Waals surface area contributed by atoms with E-state index in [9.17, 15) is 22.7 Å². The van der Waals surface area contributed by atoms with Crippen molar-refractivity contribution >= 4 is 5.96 Å². The number of aliphatic imine (C=N–C) groups is 1. The van der Waals surface area contributed by atoms with E-state index in [1.807, 2.05) is 6.92 Å². The third-order valence-corrected chi connectivity index (χ3v) is 4.12. The Kier molecular flexibility index (Phi) is 7.00. The molecule has 0 bridgehead atoms. The molecule has 154 valence electrons. The molecular formula is C18H23F4N5O. The Bertz CT molecular complexity index is 788. The van der Waals surface area contributed by atoms with Crippen molar-refractivity contribution in [2.75, 3.05) is 13.1 Å². The van der Waals surface area contributed by atoms with Gasteiger partial charge in [-0.2, -0.15) is 13.2 Å². The molecule has 1 aromatic carbocycles. The summed E-state index contributed by atoms with van der Waals surface area (Å²) in [6.45, 7) is 2.34. The largest absolute Gasteiger partial charge is 0.424 e. The first-order chi connectivity index (χ1) is 13.2. The zero-order valence-electron chi connectivity index (χ0n) is 15.6. The fourth-order valence-electron chi connectivity index (χ4n) is 2.61. The molecule has 0 fully saturated rings. The average Bonchev–Trinajstić information content (AvgIpc) is 3.06. The highest BCUT2D eigenvalue weighted by Gasteiger charge is 2.57. The molecule has 0 aliphatic heterocycles. The Balaban J connectivity index is 2.06. The van der Waals surface area contributed by atoms with E-state index < -0.39 is 24.0 Å². The van der Waals surface area contributed by atoms with E-state index in [2.05, 4.69) is 20.6 Å². The van der Waals surface area contributed by atoms with Crippen molar-refractivity contribution in [3.05, 3.63) is 53.9 Å². The second-order valence-corrected chi connectivity index (χ2v) is 6.22. The van der Waals surface area contributed by atoms with Gasteiger partial charge < -0.3 is 20.3 Å². The summed E-state index contributed by atoms with van der Waals surface area (Å²) in [5, 5.41) is 16.0. The molecular weight excluding hydrogens is 378 g/mol. The number of halogens is 4. The summed E-state index contributed by atoms with van der Waals surface area (Å²) in [4.78, 5) is 7.92. The molecule has 0 aliphatic rings. The average molecular weight is 401 g/mol. The van der Waals surface area contributed by atoms with Crippen LogP contribution in [0.3, 0.4) is 0 Å². The monoisotopic (exact) mass is 401 g/mol. The number of imidazole rings is 1. The predicted molar refractivity (Wildman–Crippen MR) is 97.0 cm³/mol. The van der Waals surface area contributed by atoms with Crippen LogP contribution in [0.25, 0.3) is 0 Å². The molecule has 0 spiro atoms. The lowest BCUT2D eigenvalue weighted by atomic mass is 9.97. The van der Waals surface area contributed by atoms with E-state index >= 15 is 0 Å². The number of aryl methyl sites for hydroxylation is 1. The quantitative estimate of drug-likeness (QED) is 0.379. The van der Waals surface area contributed by atoms with Crippen molar-refractivity contribution in [1.29, 1.82) is 0 Å². The summed E-state index contributed by atoms with van der Waals surface area (Å²) < 4.78 is 54.6. The van der Waals surface area contributed by atoms with Gasteiger partial charge in [0.25, 0.3) is 0 Å².